The van der Waals surface area contributed by atoms with Gasteiger partial charge in [-0.05, 0) is 29.4 Å². The second-order valence-electron chi connectivity index (χ2n) is 8.79. The van der Waals surface area contributed by atoms with Crippen LogP contribution in [0.25, 0.3) is 0 Å². The van der Waals surface area contributed by atoms with E-state index >= 15 is 0 Å². The molecule has 0 saturated carbocycles. The van der Waals surface area contributed by atoms with Crippen LogP contribution < -0.4 is 10.3 Å². The molecule has 1 aliphatic heterocycles. The van der Waals surface area contributed by atoms with Crippen LogP contribution in [-0.4, -0.2) is 18.4 Å². The molecule has 3 unspecified atom stereocenters. The quantitative estimate of drug-likeness (QED) is 0.749. The molecule has 2 aromatic rings. The van der Waals surface area contributed by atoms with Crippen molar-refractivity contribution >= 4 is 11.8 Å². The zero-order valence-electron chi connectivity index (χ0n) is 18.1. The maximum atomic E-state index is 13.4. The van der Waals surface area contributed by atoms with E-state index in [1.165, 1.54) is 0 Å². The molecule has 0 radical (unpaired) electrons. The zero-order valence-corrected chi connectivity index (χ0v) is 18.1. The maximum Gasteiger partial charge on any atom is 0.315 e. The first-order chi connectivity index (χ1) is 15.0. The fourth-order valence-electron chi connectivity index (χ4n) is 4.59. The lowest BCUT2D eigenvalue weighted by molar-refractivity contribution is -0.378. The minimum absolute atomic E-state index is 0.0783. The van der Waals surface area contributed by atoms with Gasteiger partial charge in [0.1, 0.15) is 5.92 Å². The van der Waals surface area contributed by atoms with Crippen molar-refractivity contribution in [1.82, 2.24) is 5.32 Å². The molecule has 1 aromatic heterocycles. The van der Waals surface area contributed by atoms with Crippen LogP contribution in [-0.2, 0) is 14.3 Å². The average molecular weight is 418 g/mol. The van der Waals surface area contributed by atoms with Gasteiger partial charge in [0.2, 0.25) is 0 Å². The van der Waals surface area contributed by atoms with Crippen LogP contribution in [0, 0.1) is 11.8 Å². The molecule has 3 atom stereocenters. The third-order valence-electron chi connectivity index (χ3n) is 6.03. The van der Waals surface area contributed by atoms with Gasteiger partial charge >= 0.3 is 5.97 Å². The van der Waals surface area contributed by atoms with Gasteiger partial charge in [-0.3, -0.25) is 9.59 Å². The van der Waals surface area contributed by atoms with Crippen LogP contribution >= 0.6 is 0 Å². The molecule has 5 heteroatoms. The predicted molar refractivity (Wildman–Crippen MR) is 118 cm³/mol. The number of aromatic nitrogens is 1. The third-order valence-corrected chi connectivity index (χ3v) is 6.03. The minimum Gasteiger partial charge on any atom is -0.465 e. The number of H-pyrrole nitrogens is 1. The van der Waals surface area contributed by atoms with Gasteiger partial charge in [-0.2, -0.15) is 0 Å². The van der Waals surface area contributed by atoms with Crippen molar-refractivity contribution in [3.63, 3.8) is 0 Å². The van der Waals surface area contributed by atoms with Gasteiger partial charge in [-0.15, -0.1) is 0 Å². The number of rotatable bonds is 5. The number of allylic oxidation sites excluding steroid dienone is 2. The SMILES string of the molecule is C=C1NC2=C(C(=O)CC(c3ccccc3)C2)C(c2cc[nH+]cc2)C1C(=O)OCC(C)C. The van der Waals surface area contributed by atoms with E-state index in [1.54, 1.807) is 0 Å². The molecule has 2 heterocycles. The van der Waals surface area contributed by atoms with Crippen LogP contribution in [0.2, 0.25) is 0 Å². The van der Waals surface area contributed by atoms with Crippen molar-refractivity contribution in [3.8, 4) is 0 Å². The van der Waals surface area contributed by atoms with Gasteiger partial charge in [0.15, 0.2) is 18.2 Å². The van der Waals surface area contributed by atoms with Gasteiger partial charge < -0.3 is 10.1 Å². The van der Waals surface area contributed by atoms with Crippen molar-refractivity contribution in [2.75, 3.05) is 6.61 Å². The predicted octanol–water partition coefficient (Wildman–Crippen LogP) is 3.92. The molecule has 0 saturated heterocycles. The Morgan fingerprint density at radius 3 is 2.52 bits per heavy atom. The molecule has 2 aliphatic rings. The van der Waals surface area contributed by atoms with Gasteiger partial charge in [-0.25, -0.2) is 4.98 Å². The lowest BCUT2D eigenvalue weighted by Crippen LogP contribution is -2.42. The highest BCUT2D eigenvalue weighted by Gasteiger charge is 2.45. The molecule has 4 rings (SSSR count). The molecule has 5 nitrogen and oxygen atoms in total. The first-order valence-corrected chi connectivity index (χ1v) is 10.8. The summed E-state index contributed by atoms with van der Waals surface area (Å²) in [6.45, 7) is 8.51. The van der Waals surface area contributed by atoms with E-state index in [2.05, 4.69) is 29.0 Å². The Bertz CT molecular complexity index is 1010. The van der Waals surface area contributed by atoms with Crippen LogP contribution in [0.4, 0.5) is 0 Å². The van der Waals surface area contributed by atoms with Crippen LogP contribution in [0.3, 0.4) is 0 Å². The summed E-state index contributed by atoms with van der Waals surface area (Å²) >= 11 is 0. The fraction of sp³-hybridized carbons (Fsp3) is 0.346. The molecule has 0 amide bonds. The summed E-state index contributed by atoms with van der Waals surface area (Å²) in [6, 6.07) is 14.0. The van der Waals surface area contributed by atoms with E-state index < -0.39 is 11.8 Å². The molecule has 1 aromatic carbocycles. The number of benzene rings is 1. The first-order valence-electron chi connectivity index (χ1n) is 10.8. The molecule has 0 fully saturated rings. The van der Waals surface area contributed by atoms with Crippen molar-refractivity contribution in [2.45, 2.75) is 38.5 Å². The van der Waals surface area contributed by atoms with E-state index in [4.69, 9.17) is 4.74 Å². The number of pyridine rings is 1. The third kappa shape index (κ3) is 4.31. The summed E-state index contributed by atoms with van der Waals surface area (Å²) in [5.41, 5.74) is 4.22. The van der Waals surface area contributed by atoms with Gasteiger partial charge in [0.25, 0.3) is 0 Å². The van der Waals surface area contributed by atoms with E-state index in [0.29, 0.717) is 30.7 Å². The largest absolute Gasteiger partial charge is 0.465 e. The number of esters is 1. The molecule has 160 valence electrons. The Labute approximate surface area is 183 Å². The Morgan fingerprint density at radius 2 is 1.84 bits per heavy atom. The molecule has 0 bridgehead atoms. The molecular formula is C26H29N2O3+. The van der Waals surface area contributed by atoms with Crippen LogP contribution in [0.15, 0.2) is 78.4 Å². The lowest BCUT2D eigenvalue weighted by Gasteiger charge is -2.40. The summed E-state index contributed by atoms with van der Waals surface area (Å²) in [6.07, 6.45) is 4.78. The van der Waals surface area contributed by atoms with E-state index in [1.807, 2.05) is 56.6 Å². The highest BCUT2D eigenvalue weighted by atomic mass is 16.5. The number of hydrogen-bond acceptors (Lipinski definition) is 4. The summed E-state index contributed by atoms with van der Waals surface area (Å²) in [5, 5.41) is 3.32. The monoisotopic (exact) mass is 417 g/mol. The standard InChI is InChI=1S/C26H28N2O3/c1-16(2)15-31-26(30)23-17(3)28-21-13-20(18-7-5-4-6-8-18)14-22(29)25(21)24(23)19-9-11-27-12-10-19/h4-12,16,20,23-24,28H,3,13-15H2,1-2H3/p+1. The Hall–Kier alpha value is -3.21. The molecule has 1 aliphatic carbocycles. The Balaban J connectivity index is 1.74. The van der Waals surface area contributed by atoms with E-state index in [-0.39, 0.29) is 23.6 Å². The number of carbonyl (C=O) groups excluding carboxylic acids is 2. The van der Waals surface area contributed by atoms with Crippen molar-refractivity contribution in [2.24, 2.45) is 11.8 Å². The second kappa shape index (κ2) is 8.88. The molecule has 0 spiro atoms. The van der Waals surface area contributed by atoms with Gasteiger partial charge in [0.05, 0.1) is 6.61 Å². The van der Waals surface area contributed by atoms with Crippen molar-refractivity contribution < 1.29 is 19.3 Å². The molecular weight excluding hydrogens is 388 g/mol. The Morgan fingerprint density at radius 1 is 1.13 bits per heavy atom. The molecule has 2 N–H and O–H groups in total. The number of aromatic amines is 1. The van der Waals surface area contributed by atoms with Crippen LogP contribution in [0.1, 0.15) is 49.7 Å². The summed E-state index contributed by atoms with van der Waals surface area (Å²) in [4.78, 5) is 29.6. The fourth-order valence-corrected chi connectivity index (χ4v) is 4.59. The number of nitrogens with one attached hydrogen (secondary N) is 2. The number of Topliss-reactive ketones (excluding diaryl/α,β-unsaturated/α-hetero) is 1. The van der Waals surface area contributed by atoms with Crippen molar-refractivity contribution in [3.05, 3.63) is 89.5 Å². The second-order valence-corrected chi connectivity index (χ2v) is 8.79. The van der Waals surface area contributed by atoms with Gasteiger partial charge in [0, 0.05) is 41.4 Å². The number of carbonyl (C=O) groups is 2. The minimum atomic E-state index is -0.642. The zero-order chi connectivity index (χ0) is 22.0. The maximum absolute atomic E-state index is 13.4. The molecule has 31 heavy (non-hydrogen) atoms. The van der Waals surface area contributed by atoms with E-state index in [9.17, 15) is 9.59 Å². The van der Waals surface area contributed by atoms with Crippen LogP contribution in [0.5, 0.6) is 0 Å². The topological polar surface area (TPSA) is 69.5 Å². The summed E-state index contributed by atoms with van der Waals surface area (Å²) < 4.78 is 5.59. The average Bonchev–Trinajstić information content (AvgIpc) is 2.77. The highest BCUT2D eigenvalue weighted by Crippen LogP contribution is 2.46. The van der Waals surface area contributed by atoms with Crippen molar-refractivity contribution in [1.29, 1.82) is 0 Å². The summed E-state index contributed by atoms with van der Waals surface area (Å²) in [7, 11) is 0. The van der Waals surface area contributed by atoms with Gasteiger partial charge in [-0.1, -0.05) is 50.8 Å². The summed E-state index contributed by atoms with van der Waals surface area (Å²) in [5.74, 6) is -0.958. The number of hydrogen-bond donors (Lipinski definition) is 1. The van der Waals surface area contributed by atoms with E-state index in [0.717, 1.165) is 16.8 Å². The highest BCUT2D eigenvalue weighted by molar-refractivity contribution is 6.01. The normalized spacial score (nSPS) is 23.4. The number of ether oxygens (including phenoxy) is 1. The Kier molecular flexibility index (Phi) is 6.03. The smallest absolute Gasteiger partial charge is 0.315 e. The first kappa shape index (κ1) is 21.0. The lowest BCUT2D eigenvalue weighted by atomic mass is 9.69. The number of ketones is 1.